The van der Waals surface area contributed by atoms with Crippen LogP contribution in [0.15, 0.2) is 0 Å². The van der Waals surface area contributed by atoms with E-state index in [1.165, 1.54) is 0 Å². The van der Waals surface area contributed by atoms with Crippen LogP contribution in [0.3, 0.4) is 0 Å². The quantitative estimate of drug-likeness (QED) is 0.431. The molecule has 5 nitrogen and oxygen atoms in total. The third kappa shape index (κ3) is 5.67. The second-order valence-electron chi connectivity index (χ2n) is 2.54. The van der Waals surface area contributed by atoms with Crippen molar-refractivity contribution in [2.24, 2.45) is 5.73 Å². The number of hydrogen-bond donors (Lipinski definition) is 3. The molecule has 12 heavy (non-hydrogen) atoms. The highest BCUT2D eigenvalue weighted by Gasteiger charge is 2.04. The van der Waals surface area contributed by atoms with E-state index in [1.807, 2.05) is 6.92 Å². The molecule has 0 aromatic heterocycles. The first-order chi connectivity index (χ1) is 5.70. The summed E-state index contributed by atoms with van der Waals surface area (Å²) in [5.74, 6) is -0.192. The molecule has 5 heteroatoms. The molecule has 0 rings (SSSR count). The molecule has 0 radical (unpaired) electrons. The Balaban J connectivity index is 3.46. The Morgan fingerprint density at radius 3 is 2.83 bits per heavy atom. The van der Waals surface area contributed by atoms with Gasteiger partial charge in [0.15, 0.2) is 0 Å². The van der Waals surface area contributed by atoms with Crippen LogP contribution < -0.4 is 16.4 Å². The highest BCUT2D eigenvalue weighted by atomic mass is 16.2. The topological polar surface area (TPSA) is 84.2 Å². The Labute approximate surface area is 71.7 Å². The molecular weight excluding hydrogens is 158 g/mol. The van der Waals surface area contributed by atoms with E-state index in [1.54, 1.807) is 0 Å². The third-order valence-corrected chi connectivity index (χ3v) is 1.35. The first-order valence-electron chi connectivity index (χ1n) is 3.87. The molecule has 0 saturated carbocycles. The van der Waals surface area contributed by atoms with Crippen LogP contribution in [0.4, 0.5) is 0 Å². The first kappa shape index (κ1) is 10.9. The summed E-state index contributed by atoms with van der Waals surface area (Å²) in [6, 6.07) is 0.0657. The molecule has 0 fully saturated rings. The van der Waals surface area contributed by atoms with Gasteiger partial charge in [-0.25, -0.2) is 0 Å². The minimum atomic E-state index is -0.192. The largest absolute Gasteiger partial charge is 0.352 e. The van der Waals surface area contributed by atoms with E-state index in [0.29, 0.717) is 13.0 Å². The highest BCUT2D eigenvalue weighted by Crippen LogP contribution is 1.85. The minimum absolute atomic E-state index is 0.0262. The molecule has 0 aromatic rings. The standard InChI is InChI=1S/C7H15N3O2/c1-6(2-3-8)10-7(12)4-9-5-11/h5-6H,2-4,8H2,1H3,(H,9,11)(H,10,12)/t6-/m1/s1. The number of nitrogens with two attached hydrogens (primary N) is 1. The average Bonchev–Trinajstić information content (AvgIpc) is 2.01. The zero-order chi connectivity index (χ0) is 9.40. The summed E-state index contributed by atoms with van der Waals surface area (Å²) >= 11 is 0. The van der Waals surface area contributed by atoms with Crippen molar-refractivity contribution in [3.63, 3.8) is 0 Å². The summed E-state index contributed by atoms with van der Waals surface area (Å²) in [5, 5.41) is 4.95. The van der Waals surface area contributed by atoms with Crippen molar-refractivity contribution in [2.45, 2.75) is 19.4 Å². The molecule has 0 aliphatic carbocycles. The van der Waals surface area contributed by atoms with E-state index in [2.05, 4.69) is 10.6 Å². The fourth-order valence-corrected chi connectivity index (χ4v) is 0.782. The first-order valence-corrected chi connectivity index (χ1v) is 3.87. The van der Waals surface area contributed by atoms with Crippen LogP contribution in [0, 0.1) is 0 Å². The van der Waals surface area contributed by atoms with Crippen LogP contribution in [0.1, 0.15) is 13.3 Å². The number of amides is 2. The molecule has 1 atom stereocenters. The van der Waals surface area contributed by atoms with E-state index in [0.717, 1.165) is 6.42 Å². The lowest BCUT2D eigenvalue weighted by Crippen LogP contribution is -2.39. The van der Waals surface area contributed by atoms with Gasteiger partial charge in [-0.2, -0.15) is 0 Å². The number of rotatable bonds is 6. The molecule has 0 spiro atoms. The Kier molecular flexibility index (Phi) is 6.00. The molecule has 0 heterocycles. The zero-order valence-electron chi connectivity index (χ0n) is 7.17. The van der Waals surface area contributed by atoms with Gasteiger partial charge in [-0.3, -0.25) is 9.59 Å². The summed E-state index contributed by atoms with van der Waals surface area (Å²) < 4.78 is 0. The maximum Gasteiger partial charge on any atom is 0.239 e. The van der Waals surface area contributed by atoms with Gasteiger partial charge in [0.1, 0.15) is 0 Å². The van der Waals surface area contributed by atoms with Crippen LogP contribution in [-0.2, 0) is 9.59 Å². The van der Waals surface area contributed by atoms with Gasteiger partial charge in [0.2, 0.25) is 12.3 Å². The van der Waals surface area contributed by atoms with Gasteiger partial charge in [0.25, 0.3) is 0 Å². The Bertz CT molecular complexity index is 150. The van der Waals surface area contributed by atoms with Crippen molar-refractivity contribution in [1.82, 2.24) is 10.6 Å². The van der Waals surface area contributed by atoms with Crippen molar-refractivity contribution < 1.29 is 9.59 Å². The van der Waals surface area contributed by atoms with Gasteiger partial charge in [-0.05, 0) is 19.9 Å². The second-order valence-corrected chi connectivity index (χ2v) is 2.54. The molecular formula is C7H15N3O2. The van der Waals surface area contributed by atoms with Crippen molar-refractivity contribution in [3.05, 3.63) is 0 Å². The van der Waals surface area contributed by atoms with Crippen molar-refractivity contribution in [2.75, 3.05) is 13.1 Å². The maximum atomic E-state index is 10.9. The minimum Gasteiger partial charge on any atom is -0.352 e. The molecule has 0 aliphatic rings. The van der Waals surface area contributed by atoms with Gasteiger partial charge < -0.3 is 16.4 Å². The van der Waals surface area contributed by atoms with E-state index in [4.69, 9.17) is 5.73 Å². The Morgan fingerprint density at radius 2 is 2.33 bits per heavy atom. The fraction of sp³-hybridized carbons (Fsp3) is 0.714. The van der Waals surface area contributed by atoms with E-state index < -0.39 is 0 Å². The summed E-state index contributed by atoms with van der Waals surface area (Å²) in [7, 11) is 0. The fourth-order valence-electron chi connectivity index (χ4n) is 0.782. The molecule has 0 saturated heterocycles. The smallest absolute Gasteiger partial charge is 0.239 e. The van der Waals surface area contributed by atoms with Crippen LogP contribution in [-0.4, -0.2) is 31.4 Å². The molecule has 4 N–H and O–H groups in total. The lowest BCUT2D eigenvalue weighted by Gasteiger charge is -2.11. The van der Waals surface area contributed by atoms with E-state index in [9.17, 15) is 9.59 Å². The van der Waals surface area contributed by atoms with Gasteiger partial charge in [0, 0.05) is 6.04 Å². The van der Waals surface area contributed by atoms with Gasteiger partial charge in [-0.15, -0.1) is 0 Å². The number of hydrogen-bond acceptors (Lipinski definition) is 3. The second kappa shape index (κ2) is 6.60. The third-order valence-electron chi connectivity index (χ3n) is 1.35. The predicted molar refractivity (Wildman–Crippen MR) is 45.3 cm³/mol. The Morgan fingerprint density at radius 1 is 1.67 bits per heavy atom. The van der Waals surface area contributed by atoms with Crippen LogP contribution in [0.2, 0.25) is 0 Å². The summed E-state index contributed by atoms with van der Waals surface area (Å²) in [4.78, 5) is 20.7. The summed E-state index contributed by atoms with van der Waals surface area (Å²) in [6.07, 6.45) is 1.24. The molecule has 0 bridgehead atoms. The van der Waals surface area contributed by atoms with E-state index in [-0.39, 0.29) is 18.5 Å². The molecule has 0 aromatic carbocycles. The predicted octanol–water partition coefficient (Wildman–Crippen LogP) is -1.41. The van der Waals surface area contributed by atoms with Crippen molar-refractivity contribution >= 4 is 12.3 Å². The molecule has 2 amide bonds. The Hall–Kier alpha value is -1.10. The van der Waals surface area contributed by atoms with Crippen LogP contribution in [0.25, 0.3) is 0 Å². The molecule has 70 valence electrons. The SMILES string of the molecule is C[C@H](CCN)NC(=O)CNC=O. The summed E-state index contributed by atoms with van der Waals surface area (Å²) in [5.41, 5.74) is 5.28. The van der Waals surface area contributed by atoms with E-state index >= 15 is 0 Å². The normalized spacial score (nSPS) is 11.8. The number of nitrogens with one attached hydrogen (secondary N) is 2. The van der Waals surface area contributed by atoms with Crippen LogP contribution >= 0.6 is 0 Å². The van der Waals surface area contributed by atoms with Gasteiger partial charge in [-0.1, -0.05) is 0 Å². The lowest BCUT2D eigenvalue weighted by atomic mass is 10.2. The molecule has 0 unspecified atom stereocenters. The molecule has 0 aliphatic heterocycles. The van der Waals surface area contributed by atoms with Crippen LogP contribution in [0.5, 0.6) is 0 Å². The monoisotopic (exact) mass is 173 g/mol. The lowest BCUT2D eigenvalue weighted by molar-refractivity contribution is -0.122. The van der Waals surface area contributed by atoms with Crippen molar-refractivity contribution in [3.8, 4) is 0 Å². The average molecular weight is 173 g/mol. The van der Waals surface area contributed by atoms with Gasteiger partial charge >= 0.3 is 0 Å². The highest BCUT2D eigenvalue weighted by molar-refractivity contribution is 5.79. The summed E-state index contributed by atoms with van der Waals surface area (Å²) in [6.45, 7) is 2.44. The van der Waals surface area contributed by atoms with Gasteiger partial charge in [0.05, 0.1) is 6.54 Å². The van der Waals surface area contributed by atoms with Crippen molar-refractivity contribution in [1.29, 1.82) is 0 Å². The number of carbonyl (C=O) groups excluding carboxylic acids is 2. The zero-order valence-corrected chi connectivity index (χ0v) is 7.17. The maximum absolute atomic E-state index is 10.9. The number of carbonyl (C=O) groups is 2.